The highest BCUT2D eigenvalue weighted by molar-refractivity contribution is 7.99. The summed E-state index contributed by atoms with van der Waals surface area (Å²) in [6.07, 6.45) is 5.36. The van der Waals surface area contributed by atoms with Crippen LogP contribution in [0.25, 0.3) is 6.08 Å². The maximum Gasteiger partial charge on any atom is 0.253 e. The fourth-order valence-electron chi connectivity index (χ4n) is 4.97. The van der Waals surface area contributed by atoms with Gasteiger partial charge in [-0.25, -0.2) is 5.01 Å². The summed E-state index contributed by atoms with van der Waals surface area (Å²) in [5.41, 5.74) is 4.62. The number of aromatic nitrogens is 3. The van der Waals surface area contributed by atoms with Gasteiger partial charge in [0.2, 0.25) is 0 Å². The van der Waals surface area contributed by atoms with E-state index in [-0.39, 0.29) is 23.6 Å². The number of hydrogen-bond donors (Lipinski definition) is 0. The topological polar surface area (TPSA) is 63.4 Å². The number of hydrazone groups is 1. The van der Waals surface area contributed by atoms with Crippen LogP contribution in [0.4, 0.5) is 0 Å². The van der Waals surface area contributed by atoms with Crippen LogP contribution >= 0.6 is 11.8 Å². The third kappa shape index (κ3) is 4.44. The van der Waals surface area contributed by atoms with Gasteiger partial charge in [-0.05, 0) is 55.9 Å². The van der Waals surface area contributed by atoms with Gasteiger partial charge in [-0.15, -0.1) is 10.2 Å². The molecule has 0 saturated heterocycles. The van der Waals surface area contributed by atoms with Crippen LogP contribution in [0, 0.1) is 12.8 Å². The van der Waals surface area contributed by atoms with E-state index in [2.05, 4.69) is 59.6 Å². The zero-order chi connectivity index (χ0) is 23.5. The Morgan fingerprint density at radius 3 is 2.56 bits per heavy atom. The van der Waals surface area contributed by atoms with Crippen molar-refractivity contribution in [3.63, 3.8) is 0 Å². The summed E-state index contributed by atoms with van der Waals surface area (Å²) in [5.74, 6) is 1.36. The number of hydrogen-bond acceptors (Lipinski definition) is 5. The molecule has 7 heteroatoms. The third-order valence-corrected chi connectivity index (χ3v) is 7.53. The summed E-state index contributed by atoms with van der Waals surface area (Å²) in [7, 11) is 0. The van der Waals surface area contributed by atoms with Crippen molar-refractivity contribution >= 4 is 29.5 Å². The molecule has 5 rings (SSSR count). The molecule has 2 aliphatic rings. The molecule has 2 atom stereocenters. The number of rotatable bonds is 6. The minimum absolute atomic E-state index is 0.00289. The Labute approximate surface area is 204 Å². The average Bonchev–Trinajstić information content (AvgIpc) is 3.44. The van der Waals surface area contributed by atoms with E-state index in [0.717, 1.165) is 48.1 Å². The summed E-state index contributed by atoms with van der Waals surface area (Å²) in [6, 6.07) is 20.6. The zero-order valence-corrected chi connectivity index (χ0v) is 20.4. The SMILES string of the molecule is CCn1c(C)nnc1SCC(=O)N1N=C2/C(=C\c3ccccc3)CCCC2C1c1ccccc1. The lowest BCUT2D eigenvalue weighted by Gasteiger charge is -2.29. The molecule has 2 aromatic carbocycles. The molecule has 1 aromatic heterocycles. The first-order valence-electron chi connectivity index (χ1n) is 11.9. The molecule has 0 radical (unpaired) electrons. The zero-order valence-electron chi connectivity index (χ0n) is 19.6. The molecule has 34 heavy (non-hydrogen) atoms. The van der Waals surface area contributed by atoms with Crippen LogP contribution in [0.2, 0.25) is 0 Å². The first-order chi connectivity index (χ1) is 16.7. The molecular formula is C27H29N5OS. The van der Waals surface area contributed by atoms with Crippen molar-refractivity contribution in [2.24, 2.45) is 11.0 Å². The van der Waals surface area contributed by atoms with E-state index in [9.17, 15) is 4.79 Å². The van der Waals surface area contributed by atoms with E-state index in [1.165, 1.54) is 22.9 Å². The third-order valence-electron chi connectivity index (χ3n) is 6.58. The lowest BCUT2D eigenvalue weighted by Crippen LogP contribution is -2.32. The molecule has 3 aromatic rings. The molecule has 0 N–H and O–H groups in total. The van der Waals surface area contributed by atoms with E-state index < -0.39 is 0 Å². The van der Waals surface area contributed by atoms with Gasteiger partial charge >= 0.3 is 0 Å². The second-order valence-electron chi connectivity index (χ2n) is 8.72. The highest BCUT2D eigenvalue weighted by atomic mass is 32.2. The Morgan fingerprint density at radius 1 is 1.09 bits per heavy atom. The monoisotopic (exact) mass is 471 g/mol. The van der Waals surface area contributed by atoms with Gasteiger partial charge in [0.15, 0.2) is 5.16 Å². The number of amides is 1. The van der Waals surface area contributed by atoms with Crippen molar-refractivity contribution in [3.05, 3.63) is 83.2 Å². The largest absolute Gasteiger partial charge is 0.307 e. The summed E-state index contributed by atoms with van der Waals surface area (Å²) < 4.78 is 2.03. The van der Waals surface area contributed by atoms with Crippen molar-refractivity contribution in [1.82, 2.24) is 19.8 Å². The minimum Gasteiger partial charge on any atom is -0.307 e. The molecular weight excluding hydrogens is 442 g/mol. The van der Waals surface area contributed by atoms with E-state index >= 15 is 0 Å². The van der Waals surface area contributed by atoms with Crippen molar-refractivity contribution < 1.29 is 4.79 Å². The second kappa shape index (κ2) is 9.97. The van der Waals surface area contributed by atoms with Crippen LogP contribution in [0.5, 0.6) is 0 Å². The lowest BCUT2D eigenvalue weighted by molar-refractivity contribution is -0.130. The van der Waals surface area contributed by atoms with Gasteiger partial charge in [-0.3, -0.25) is 4.79 Å². The number of nitrogens with zero attached hydrogens (tertiary/aromatic N) is 5. The number of thioether (sulfide) groups is 1. The molecule has 174 valence electrons. The Bertz CT molecular complexity index is 1220. The predicted octanol–water partition coefficient (Wildman–Crippen LogP) is 5.52. The Morgan fingerprint density at radius 2 is 1.82 bits per heavy atom. The van der Waals surface area contributed by atoms with Gasteiger partial charge in [0, 0.05) is 12.5 Å². The predicted molar refractivity (Wildman–Crippen MR) is 136 cm³/mol. The molecule has 1 fully saturated rings. The Balaban J connectivity index is 1.45. The summed E-state index contributed by atoms with van der Waals surface area (Å²) in [4.78, 5) is 13.5. The molecule has 1 aliphatic carbocycles. The molecule has 2 heterocycles. The Kier molecular flexibility index (Phi) is 6.63. The maximum absolute atomic E-state index is 13.5. The van der Waals surface area contributed by atoms with Crippen molar-refractivity contribution in [2.45, 2.75) is 50.9 Å². The van der Waals surface area contributed by atoms with Crippen molar-refractivity contribution in [2.75, 3.05) is 5.75 Å². The normalized spacial score (nSPS) is 20.9. The number of carbonyl (C=O) groups is 1. The quantitative estimate of drug-likeness (QED) is 0.444. The molecule has 1 saturated carbocycles. The van der Waals surface area contributed by atoms with Gasteiger partial charge in [0.05, 0.1) is 17.5 Å². The number of aryl methyl sites for hydroxylation is 1. The van der Waals surface area contributed by atoms with E-state index in [1.807, 2.05) is 35.8 Å². The first-order valence-corrected chi connectivity index (χ1v) is 12.9. The fourth-order valence-corrected chi connectivity index (χ4v) is 5.87. The van der Waals surface area contributed by atoms with Crippen LogP contribution < -0.4 is 0 Å². The van der Waals surface area contributed by atoms with Crippen molar-refractivity contribution in [3.8, 4) is 0 Å². The number of benzene rings is 2. The highest BCUT2D eigenvalue weighted by Gasteiger charge is 2.43. The number of carbonyl (C=O) groups excluding carboxylic acids is 1. The van der Waals surface area contributed by atoms with Crippen LogP contribution in [0.15, 0.2) is 76.5 Å². The maximum atomic E-state index is 13.5. The van der Waals surface area contributed by atoms with Crippen molar-refractivity contribution in [1.29, 1.82) is 0 Å². The van der Waals surface area contributed by atoms with Gasteiger partial charge < -0.3 is 4.57 Å². The molecule has 0 bridgehead atoms. The molecule has 1 aliphatic heterocycles. The number of fused-ring (bicyclic) bond motifs is 1. The van der Waals surface area contributed by atoms with E-state index in [4.69, 9.17) is 5.10 Å². The van der Waals surface area contributed by atoms with E-state index in [1.54, 1.807) is 5.01 Å². The smallest absolute Gasteiger partial charge is 0.253 e. The average molecular weight is 472 g/mol. The molecule has 0 spiro atoms. The summed E-state index contributed by atoms with van der Waals surface area (Å²) in [5, 5.41) is 15.9. The summed E-state index contributed by atoms with van der Waals surface area (Å²) >= 11 is 1.44. The van der Waals surface area contributed by atoms with Crippen LogP contribution in [0.1, 0.15) is 49.2 Å². The summed E-state index contributed by atoms with van der Waals surface area (Å²) in [6.45, 7) is 4.78. The molecule has 1 amide bonds. The standard InChI is InChI=1S/C27H29N5OS/c1-3-31-19(2)28-29-27(31)34-18-24(33)32-26(21-13-8-5-9-14-21)23-16-10-15-22(25(23)30-32)17-20-11-6-4-7-12-20/h4-9,11-14,17,23,26H,3,10,15-16,18H2,1-2H3/b22-17-. The van der Waals surface area contributed by atoms with Gasteiger partial charge in [0.25, 0.3) is 5.91 Å². The number of allylic oxidation sites excluding steroid dienone is 1. The lowest BCUT2D eigenvalue weighted by atomic mass is 9.77. The second-order valence-corrected chi connectivity index (χ2v) is 9.66. The van der Waals surface area contributed by atoms with Gasteiger partial charge in [0.1, 0.15) is 5.82 Å². The van der Waals surface area contributed by atoms with Gasteiger partial charge in [-0.1, -0.05) is 72.4 Å². The van der Waals surface area contributed by atoms with Crippen LogP contribution in [-0.2, 0) is 11.3 Å². The van der Waals surface area contributed by atoms with E-state index in [0.29, 0.717) is 0 Å². The first kappa shape index (κ1) is 22.6. The Hall–Kier alpha value is -3.19. The molecule has 6 nitrogen and oxygen atoms in total. The van der Waals surface area contributed by atoms with Gasteiger partial charge in [-0.2, -0.15) is 5.10 Å². The highest BCUT2D eigenvalue weighted by Crippen LogP contribution is 2.44. The molecule has 2 unspecified atom stereocenters. The minimum atomic E-state index is -0.0745. The van der Waals surface area contributed by atoms with Crippen LogP contribution in [-0.4, -0.2) is 37.1 Å². The fraction of sp³-hybridized carbons (Fsp3) is 0.333. The van der Waals surface area contributed by atoms with Crippen LogP contribution in [0.3, 0.4) is 0 Å².